The van der Waals surface area contributed by atoms with E-state index in [0.29, 0.717) is 0 Å². The normalized spacial score (nSPS) is 12.7. The van der Waals surface area contributed by atoms with Crippen LogP contribution < -0.4 is 5.73 Å². The minimum absolute atomic E-state index is 0.0782. The summed E-state index contributed by atoms with van der Waals surface area (Å²) in [7, 11) is 0. The molecule has 0 aliphatic carbocycles. The summed E-state index contributed by atoms with van der Waals surface area (Å²) in [6.45, 7) is 0. The SMILES string of the molecule is NC(Cc1ccc(I)cc1)c1sccc1Br. The molecule has 2 aromatic rings. The zero-order chi connectivity index (χ0) is 11.5. The van der Waals surface area contributed by atoms with Crippen LogP contribution in [0.15, 0.2) is 40.2 Å². The van der Waals surface area contributed by atoms with Crippen LogP contribution in [0.4, 0.5) is 0 Å². The zero-order valence-corrected chi connectivity index (χ0v) is 13.1. The van der Waals surface area contributed by atoms with Gasteiger partial charge >= 0.3 is 0 Å². The van der Waals surface area contributed by atoms with Gasteiger partial charge in [-0.05, 0) is 74.1 Å². The van der Waals surface area contributed by atoms with E-state index in [2.05, 4.69) is 68.2 Å². The molecule has 0 bridgehead atoms. The van der Waals surface area contributed by atoms with Crippen molar-refractivity contribution in [2.75, 3.05) is 0 Å². The highest BCUT2D eigenvalue weighted by Crippen LogP contribution is 2.29. The van der Waals surface area contributed by atoms with E-state index in [9.17, 15) is 0 Å². The Balaban J connectivity index is 2.10. The standard InChI is InChI=1S/C12H11BrINS/c13-10-5-6-16-12(10)11(15)7-8-1-3-9(14)4-2-8/h1-6,11H,7,15H2. The second-order valence-electron chi connectivity index (χ2n) is 3.57. The Labute approximate surface area is 121 Å². The molecule has 2 N–H and O–H groups in total. The van der Waals surface area contributed by atoms with Crippen LogP contribution in [0.3, 0.4) is 0 Å². The van der Waals surface area contributed by atoms with Crippen LogP contribution in [0.2, 0.25) is 0 Å². The van der Waals surface area contributed by atoms with Gasteiger partial charge in [0.05, 0.1) is 0 Å². The predicted octanol–water partition coefficient (Wildman–Crippen LogP) is 4.36. The Hall–Kier alpha value is 0.0900. The summed E-state index contributed by atoms with van der Waals surface area (Å²) in [6, 6.07) is 10.6. The number of benzene rings is 1. The van der Waals surface area contributed by atoms with Gasteiger partial charge < -0.3 is 5.73 Å². The van der Waals surface area contributed by atoms with Crippen LogP contribution in [0.1, 0.15) is 16.5 Å². The van der Waals surface area contributed by atoms with Crippen LogP contribution in [-0.2, 0) is 6.42 Å². The van der Waals surface area contributed by atoms with Crippen molar-refractivity contribution in [3.05, 3.63) is 54.2 Å². The average molecular weight is 408 g/mol. The average Bonchev–Trinajstić information content (AvgIpc) is 2.68. The van der Waals surface area contributed by atoms with E-state index in [1.165, 1.54) is 14.0 Å². The van der Waals surface area contributed by atoms with Crippen molar-refractivity contribution in [1.82, 2.24) is 0 Å². The third-order valence-electron chi connectivity index (χ3n) is 2.35. The summed E-state index contributed by atoms with van der Waals surface area (Å²) < 4.78 is 2.38. The van der Waals surface area contributed by atoms with Crippen molar-refractivity contribution in [1.29, 1.82) is 0 Å². The molecule has 0 radical (unpaired) electrons. The lowest BCUT2D eigenvalue weighted by Gasteiger charge is -2.10. The highest BCUT2D eigenvalue weighted by Gasteiger charge is 2.11. The van der Waals surface area contributed by atoms with Crippen LogP contribution in [-0.4, -0.2) is 0 Å². The summed E-state index contributed by atoms with van der Waals surface area (Å²) in [5.41, 5.74) is 7.47. The fraction of sp³-hybridized carbons (Fsp3) is 0.167. The lowest BCUT2D eigenvalue weighted by atomic mass is 10.1. The Bertz CT molecular complexity index is 466. The van der Waals surface area contributed by atoms with Gasteiger partial charge in [0, 0.05) is 19.0 Å². The first kappa shape index (κ1) is 12.5. The predicted molar refractivity (Wildman–Crippen MR) is 81.8 cm³/mol. The first-order chi connectivity index (χ1) is 7.66. The summed E-state index contributed by atoms with van der Waals surface area (Å²) in [4.78, 5) is 1.22. The van der Waals surface area contributed by atoms with Crippen molar-refractivity contribution in [2.24, 2.45) is 5.73 Å². The number of halogens is 2. The summed E-state index contributed by atoms with van der Waals surface area (Å²) >= 11 is 7.54. The van der Waals surface area contributed by atoms with Gasteiger partial charge in [0.15, 0.2) is 0 Å². The van der Waals surface area contributed by atoms with Crippen molar-refractivity contribution in [2.45, 2.75) is 12.5 Å². The Kier molecular flexibility index (Phi) is 4.41. The third-order valence-corrected chi connectivity index (χ3v) is 5.07. The van der Waals surface area contributed by atoms with Crippen molar-refractivity contribution in [3.63, 3.8) is 0 Å². The van der Waals surface area contributed by atoms with Gasteiger partial charge in [-0.2, -0.15) is 0 Å². The van der Waals surface area contributed by atoms with Gasteiger partial charge in [-0.3, -0.25) is 0 Å². The zero-order valence-electron chi connectivity index (χ0n) is 8.49. The van der Waals surface area contributed by atoms with Crippen molar-refractivity contribution >= 4 is 49.9 Å². The molecule has 0 fully saturated rings. The fourth-order valence-corrected chi connectivity index (χ4v) is 3.57. The van der Waals surface area contributed by atoms with E-state index in [0.717, 1.165) is 10.9 Å². The first-order valence-electron chi connectivity index (χ1n) is 4.89. The Morgan fingerprint density at radius 2 is 1.94 bits per heavy atom. The molecule has 16 heavy (non-hydrogen) atoms. The minimum Gasteiger partial charge on any atom is -0.323 e. The van der Waals surface area contributed by atoms with Crippen LogP contribution in [0, 0.1) is 3.57 Å². The van der Waals surface area contributed by atoms with E-state index >= 15 is 0 Å². The molecule has 1 nitrogen and oxygen atoms in total. The molecule has 1 atom stereocenters. The van der Waals surface area contributed by atoms with E-state index in [4.69, 9.17) is 5.73 Å². The molecular formula is C12H11BrINS. The van der Waals surface area contributed by atoms with Crippen LogP contribution >= 0.6 is 49.9 Å². The first-order valence-corrected chi connectivity index (χ1v) is 7.65. The van der Waals surface area contributed by atoms with Gasteiger partial charge in [0.25, 0.3) is 0 Å². The molecule has 0 aliphatic heterocycles. The maximum Gasteiger partial charge on any atom is 0.0442 e. The number of thiophene rings is 1. The quantitative estimate of drug-likeness (QED) is 0.751. The van der Waals surface area contributed by atoms with E-state index < -0.39 is 0 Å². The second kappa shape index (κ2) is 5.62. The molecule has 4 heteroatoms. The molecule has 0 spiro atoms. The van der Waals surface area contributed by atoms with E-state index in [1.807, 2.05) is 6.07 Å². The van der Waals surface area contributed by atoms with Gasteiger partial charge in [-0.15, -0.1) is 11.3 Å². The second-order valence-corrected chi connectivity index (χ2v) is 6.62. The summed E-state index contributed by atoms with van der Waals surface area (Å²) in [5.74, 6) is 0. The number of nitrogens with two attached hydrogens (primary N) is 1. The molecule has 0 amide bonds. The lowest BCUT2D eigenvalue weighted by Crippen LogP contribution is -2.12. The van der Waals surface area contributed by atoms with E-state index in [1.54, 1.807) is 11.3 Å². The number of hydrogen-bond acceptors (Lipinski definition) is 2. The van der Waals surface area contributed by atoms with Crippen LogP contribution in [0.25, 0.3) is 0 Å². The maximum absolute atomic E-state index is 6.19. The van der Waals surface area contributed by atoms with Gasteiger partial charge in [0.2, 0.25) is 0 Å². The van der Waals surface area contributed by atoms with Gasteiger partial charge in [-0.1, -0.05) is 12.1 Å². The van der Waals surface area contributed by atoms with Gasteiger partial charge in [0.1, 0.15) is 0 Å². The molecule has 1 heterocycles. The molecule has 1 unspecified atom stereocenters. The summed E-state index contributed by atoms with van der Waals surface area (Å²) in [5, 5.41) is 2.06. The highest BCUT2D eigenvalue weighted by molar-refractivity contribution is 14.1. The molecule has 1 aromatic heterocycles. The minimum atomic E-state index is 0.0782. The van der Waals surface area contributed by atoms with Crippen LogP contribution in [0.5, 0.6) is 0 Å². The number of hydrogen-bond donors (Lipinski definition) is 1. The smallest absolute Gasteiger partial charge is 0.0442 e. The molecule has 0 saturated heterocycles. The largest absolute Gasteiger partial charge is 0.323 e. The summed E-state index contributed by atoms with van der Waals surface area (Å²) in [6.07, 6.45) is 0.885. The molecule has 0 aliphatic rings. The molecule has 0 saturated carbocycles. The van der Waals surface area contributed by atoms with Crippen molar-refractivity contribution < 1.29 is 0 Å². The topological polar surface area (TPSA) is 26.0 Å². The number of rotatable bonds is 3. The molecule has 2 rings (SSSR count). The third kappa shape index (κ3) is 3.06. The maximum atomic E-state index is 6.19. The molecule has 1 aromatic carbocycles. The Morgan fingerprint density at radius 3 is 2.50 bits per heavy atom. The highest BCUT2D eigenvalue weighted by atomic mass is 127. The van der Waals surface area contributed by atoms with Gasteiger partial charge in [-0.25, -0.2) is 0 Å². The Morgan fingerprint density at radius 1 is 1.25 bits per heavy atom. The molecule has 84 valence electrons. The fourth-order valence-electron chi connectivity index (χ4n) is 1.54. The lowest BCUT2D eigenvalue weighted by molar-refractivity contribution is 0.733. The van der Waals surface area contributed by atoms with Crippen molar-refractivity contribution in [3.8, 4) is 0 Å². The monoisotopic (exact) mass is 407 g/mol. The molecular weight excluding hydrogens is 397 g/mol. The van der Waals surface area contributed by atoms with E-state index in [-0.39, 0.29) is 6.04 Å².